The first kappa shape index (κ1) is 32.7. The van der Waals surface area contributed by atoms with Crippen molar-refractivity contribution in [2.75, 3.05) is 0 Å². The van der Waals surface area contributed by atoms with Gasteiger partial charge in [-0.05, 0) is 82.9 Å². The van der Waals surface area contributed by atoms with Crippen molar-refractivity contribution in [1.29, 1.82) is 0 Å². The molecule has 1 aliphatic heterocycles. The van der Waals surface area contributed by atoms with Crippen LogP contribution in [0.5, 0.6) is 0 Å². The highest BCUT2D eigenvalue weighted by Gasteiger charge is 2.43. The third-order valence-electron chi connectivity index (χ3n) is 10.1. The van der Waals surface area contributed by atoms with E-state index < -0.39 is 0 Å². The number of para-hydroxylation sites is 1. The molecule has 3 aromatic rings. The van der Waals surface area contributed by atoms with Gasteiger partial charge in [-0.1, -0.05) is 143 Å². The molecule has 246 valence electrons. The summed E-state index contributed by atoms with van der Waals surface area (Å²) in [5, 5.41) is 1.19. The predicted octanol–water partition coefficient (Wildman–Crippen LogP) is 12.4. The Morgan fingerprint density at radius 1 is 0.900 bits per heavy atom. The van der Waals surface area contributed by atoms with Crippen molar-refractivity contribution in [3.05, 3.63) is 222 Å². The Morgan fingerprint density at radius 3 is 2.50 bits per heavy atom. The maximum absolute atomic E-state index is 4.41. The van der Waals surface area contributed by atoms with Crippen LogP contribution in [-0.4, -0.2) is 9.47 Å². The molecule has 1 atom stereocenters. The number of fused-ring (bicyclic) bond motifs is 4. The average molecular weight is 649 g/mol. The third-order valence-corrected chi connectivity index (χ3v) is 10.1. The number of benzene rings is 2. The summed E-state index contributed by atoms with van der Waals surface area (Å²) in [6, 6.07) is 17.7. The number of hydrogen-bond acceptors (Lipinski definition) is 1. The van der Waals surface area contributed by atoms with Gasteiger partial charge in [0.15, 0.2) is 0 Å². The van der Waals surface area contributed by atoms with E-state index in [-0.39, 0.29) is 11.3 Å². The lowest BCUT2D eigenvalue weighted by atomic mass is 9.82. The molecular weight excluding hydrogens is 605 g/mol. The maximum Gasteiger partial charge on any atom is 0.0543 e. The van der Waals surface area contributed by atoms with Crippen molar-refractivity contribution in [1.82, 2.24) is 9.47 Å². The number of aromatic nitrogens is 1. The van der Waals surface area contributed by atoms with Crippen LogP contribution in [0.3, 0.4) is 0 Å². The molecule has 7 rings (SSSR count). The van der Waals surface area contributed by atoms with Crippen LogP contribution >= 0.6 is 0 Å². The normalized spacial score (nSPS) is 25.0. The molecule has 0 bridgehead atoms. The van der Waals surface area contributed by atoms with E-state index in [1.165, 1.54) is 33.3 Å². The molecule has 0 spiro atoms. The summed E-state index contributed by atoms with van der Waals surface area (Å²) in [4.78, 5) is 2.22. The van der Waals surface area contributed by atoms with Gasteiger partial charge in [0.2, 0.25) is 0 Å². The zero-order valence-electron chi connectivity index (χ0n) is 29.3. The fraction of sp³-hybridized carbons (Fsp3) is 0.125. The number of allylic oxidation sites excluding steroid dienone is 20. The topological polar surface area (TPSA) is 8.17 Å². The lowest BCUT2D eigenvalue weighted by molar-refractivity contribution is 0.569. The van der Waals surface area contributed by atoms with E-state index in [1.807, 2.05) is 42.5 Å². The Kier molecular flexibility index (Phi) is 8.87. The van der Waals surface area contributed by atoms with E-state index in [9.17, 15) is 0 Å². The molecule has 0 N–H and O–H groups in total. The second-order valence-corrected chi connectivity index (χ2v) is 13.6. The van der Waals surface area contributed by atoms with Gasteiger partial charge in [-0.2, -0.15) is 0 Å². The molecule has 4 aliphatic rings. The molecule has 0 radical (unpaired) electrons. The molecule has 0 fully saturated rings. The lowest BCUT2D eigenvalue weighted by Crippen LogP contribution is -2.18. The minimum absolute atomic E-state index is 0.0278. The molecule has 1 aromatic heterocycles. The maximum atomic E-state index is 4.41. The highest BCUT2D eigenvalue weighted by atomic mass is 15.1. The molecule has 2 aromatic carbocycles. The Morgan fingerprint density at radius 2 is 1.66 bits per heavy atom. The fourth-order valence-corrected chi connectivity index (χ4v) is 7.72. The summed E-state index contributed by atoms with van der Waals surface area (Å²) in [5.74, 6) is 0.279. The van der Waals surface area contributed by atoms with E-state index >= 15 is 0 Å². The summed E-state index contributed by atoms with van der Waals surface area (Å²) < 4.78 is 2.44. The first-order chi connectivity index (χ1) is 24.3. The first-order valence-electron chi connectivity index (χ1n) is 17.4. The van der Waals surface area contributed by atoms with E-state index in [0.717, 1.165) is 39.4 Å². The van der Waals surface area contributed by atoms with Crippen LogP contribution in [0, 0.1) is 0 Å². The van der Waals surface area contributed by atoms with Crippen LogP contribution in [0.2, 0.25) is 0 Å². The predicted molar refractivity (Wildman–Crippen MR) is 216 cm³/mol. The zero-order chi connectivity index (χ0) is 34.8. The molecule has 50 heavy (non-hydrogen) atoms. The van der Waals surface area contributed by atoms with Crippen LogP contribution in [0.25, 0.3) is 28.2 Å². The molecule has 3 aliphatic carbocycles. The van der Waals surface area contributed by atoms with Crippen molar-refractivity contribution in [3.8, 4) is 0 Å². The van der Waals surface area contributed by atoms with Crippen molar-refractivity contribution >= 4 is 28.2 Å². The molecule has 0 saturated carbocycles. The molecule has 2 nitrogen and oxygen atoms in total. The van der Waals surface area contributed by atoms with Gasteiger partial charge in [-0.25, -0.2) is 0 Å². The van der Waals surface area contributed by atoms with Crippen molar-refractivity contribution in [3.63, 3.8) is 0 Å². The second kappa shape index (κ2) is 13.6. The minimum Gasteiger partial charge on any atom is -0.320 e. The number of rotatable bonds is 6. The van der Waals surface area contributed by atoms with Gasteiger partial charge in [0.1, 0.15) is 0 Å². The molecular formula is C48H44N2. The minimum atomic E-state index is -0.0278. The molecule has 1 unspecified atom stereocenters. The summed E-state index contributed by atoms with van der Waals surface area (Å²) in [7, 11) is 0. The summed E-state index contributed by atoms with van der Waals surface area (Å²) in [6.07, 6.45) is 39.0. The van der Waals surface area contributed by atoms with Crippen LogP contribution < -0.4 is 0 Å². The zero-order valence-corrected chi connectivity index (χ0v) is 29.3. The standard InChI is InChI=1S/C48H44N2/c1-7-20-46-47(36(8-2)28-29-37-31-34(3)21-18-19-30-49(37)44-26-13-11-9-10-12-22-35(44)4)40-24-15-17-27-45(40)50(46)38-32-41-39-23-14-16-25-42(39)48(5,6)43(41)33-38/h7-30,32-33,41H,2-4,31H2,1,5-6H3/b10-9-,13-11+,20-7-,21-18-,22-12-,30-19-,36-28+,37-29+,44-26+. The quantitative estimate of drug-likeness (QED) is 0.242. The van der Waals surface area contributed by atoms with Gasteiger partial charge >= 0.3 is 0 Å². The molecule has 2 heterocycles. The van der Waals surface area contributed by atoms with E-state index in [1.54, 1.807) is 0 Å². The Labute approximate surface area is 297 Å². The van der Waals surface area contributed by atoms with E-state index in [4.69, 9.17) is 0 Å². The average Bonchev–Trinajstić information content (AvgIpc) is 3.76. The summed E-state index contributed by atoms with van der Waals surface area (Å²) in [5.41, 5.74) is 14.1. The monoisotopic (exact) mass is 648 g/mol. The van der Waals surface area contributed by atoms with Crippen molar-refractivity contribution in [2.45, 2.75) is 38.5 Å². The van der Waals surface area contributed by atoms with E-state index in [0.29, 0.717) is 6.42 Å². The van der Waals surface area contributed by atoms with E-state index in [2.05, 4.69) is 165 Å². The highest BCUT2D eigenvalue weighted by Crippen LogP contribution is 2.55. The van der Waals surface area contributed by atoms with Crippen LogP contribution in [-0.2, 0) is 5.41 Å². The Balaban J connectivity index is 1.39. The van der Waals surface area contributed by atoms with Crippen LogP contribution in [0.4, 0.5) is 0 Å². The smallest absolute Gasteiger partial charge is 0.0543 e. The lowest BCUT2D eigenvalue weighted by Gasteiger charge is -2.28. The van der Waals surface area contributed by atoms with Gasteiger partial charge in [0.05, 0.1) is 16.9 Å². The van der Waals surface area contributed by atoms with Crippen molar-refractivity contribution in [2.24, 2.45) is 0 Å². The second-order valence-electron chi connectivity index (χ2n) is 13.6. The van der Waals surface area contributed by atoms with Gasteiger partial charge in [-0.15, -0.1) is 0 Å². The highest BCUT2D eigenvalue weighted by molar-refractivity contribution is 6.02. The largest absolute Gasteiger partial charge is 0.320 e. The third kappa shape index (κ3) is 5.77. The van der Waals surface area contributed by atoms with Crippen LogP contribution in [0.1, 0.15) is 55.5 Å². The fourth-order valence-electron chi connectivity index (χ4n) is 7.72. The molecule has 2 heteroatoms. The number of hydrogen-bond donors (Lipinski definition) is 0. The molecule has 0 amide bonds. The summed E-state index contributed by atoms with van der Waals surface area (Å²) >= 11 is 0. The van der Waals surface area contributed by atoms with Gasteiger partial charge < -0.3 is 9.47 Å². The Hall–Kier alpha value is -5.86. The summed E-state index contributed by atoms with van der Waals surface area (Å²) in [6.45, 7) is 19.9. The Bertz CT molecular complexity index is 2270. The van der Waals surface area contributed by atoms with Gasteiger partial charge in [0.25, 0.3) is 0 Å². The van der Waals surface area contributed by atoms with Crippen LogP contribution in [0.15, 0.2) is 200 Å². The first-order valence-corrected chi connectivity index (χ1v) is 17.4. The van der Waals surface area contributed by atoms with Gasteiger partial charge in [-0.3, -0.25) is 0 Å². The van der Waals surface area contributed by atoms with Gasteiger partial charge in [0, 0.05) is 46.3 Å². The van der Waals surface area contributed by atoms with Crippen molar-refractivity contribution < 1.29 is 0 Å². The number of nitrogens with zero attached hydrogens (tertiary/aromatic N) is 2. The SMILES string of the molecule is C=C/C(=C\C=C1/CC(=C)/C=C\C=C/N1/C1=C/C=C/C=C\C=C/C1=C)c1c(/C=C\C)n(C2=CC3C(=C2)C(C)(C)c2ccccc23)c2ccccc12. The molecule has 0 saturated heterocycles.